The van der Waals surface area contributed by atoms with Crippen molar-refractivity contribution in [1.29, 1.82) is 0 Å². The molecule has 2 N–H and O–H groups in total. The van der Waals surface area contributed by atoms with Crippen molar-refractivity contribution < 1.29 is 27.2 Å². The minimum absolute atomic E-state index is 0.161. The number of anilines is 2. The Balaban J connectivity index is 1.51. The molecule has 4 rings (SSSR count). The summed E-state index contributed by atoms with van der Waals surface area (Å²) in [6, 6.07) is 3.38. The third kappa shape index (κ3) is 3.37. The largest absolute Gasteiger partial charge is 0.493 e. The molecule has 0 saturated carbocycles. The van der Waals surface area contributed by atoms with Gasteiger partial charge in [-0.05, 0) is 18.8 Å². The van der Waals surface area contributed by atoms with Gasteiger partial charge in [-0.2, -0.15) is 4.98 Å². The Labute approximate surface area is 171 Å². The molecule has 9 nitrogen and oxygen atoms in total. The summed E-state index contributed by atoms with van der Waals surface area (Å²) < 4.78 is 62.5. The SMILES string of the molecule is [2H]C1([2H])OC(C(=O)N2CCN(c3nc(N)c4cc(OC)c(OC)cc4n3)CC2)C([2H])([2H])C1([2H])[2H]. The lowest BCUT2D eigenvalue weighted by molar-refractivity contribution is -0.141. The van der Waals surface area contributed by atoms with Gasteiger partial charge in [-0.25, -0.2) is 4.98 Å². The number of methoxy groups -OCH3 is 2. The first-order chi connectivity index (χ1) is 15.8. The van der Waals surface area contributed by atoms with Gasteiger partial charge in [0, 0.05) is 49.7 Å². The van der Waals surface area contributed by atoms with E-state index in [-0.39, 0.29) is 18.9 Å². The third-order valence-electron chi connectivity index (χ3n) is 4.75. The van der Waals surface area contributed by atoms with Crippen LogP contribution in [0.15, 0.2) is 12.1 Å². The van der Waals surface area contributed by atoms with Gasteiger partial charge in [0.2, 0.25) is 5.95 Å². The maximum Gasteiger partial charge on any atom is 0.251 e. The zero-order valence-electron chi connectivity index (χ0n) is 21.6. The Morgan fingerprint density at radius 3 is 2.57 bits per heavy atom. The molecular weight excluding hydrogens is 362 g/mol. The van der Waals surface area contributed by atoms with Gasteiger partial charge in [0.05, 0.1) is 22.5 Å². The molecule has 1 amide bonds. The number of ether oxygens (including phenoxy) is 3. The standard InChI is InChI=1S/C19H25N5O4/c1-26-15-10-12-13(11-16(15)27-2)21-19(22-17(12)20)24-7-5-23(6-8-24)18(25)14-4-3-9-28-14/h10-11,14H,3-9H2,1-2H3,(H2,20,21,22)/i3D2,4D2,9D2. The summed E-state index contributed by atoms with van der Waals surface area (Å²) in [7, 11) is 3.03. The molecule has 0 radical (unpaired) electrons. The molecule has 1 unspecified atom stereocenters. The third-order valence-corrected chi connectivity index (χ3v) is 4.75. The number of fused-ring (bicyclic) bond motifs is 1. The molecule has 2 aliphatic rings. The van der Waals surface area contributed by atoms with Crippen molar-refractivity contribution in [3.63, 3.8) is 0 Å². The first kappa shape index (κ1) is 12.6. The minimum atomic E-state index is -2.98. The van der Waals surface area contributed by atoms with Crippen LogP contribution in [-0.4, -0.2) is 73.8 Å². The number of rotatable bonds is 4. The fourth-order valence-corrected chi connectivity index (χ4v) is 3.23. The molecule has 0 aliphatic carbocycles. The normalized spacial score (nSPS) is 28.4. The Hall–Kier alpha value is -2.81. The smallest absolute Gasteiger partial charge is 0.251 e. The van der Waals surface area contributed by atoms with Gasteiger partial charge in [-0.15, -0.1) is 0 Å². The molecule has 150 valence electrons. The van der Waals surface area contributed by atoms with Crippen LogP contribution in [0, 0.1) is 0 Å². The van der Waals surface area contributed by atoms with E-state index < -0.39 is 31.3 Å². The maximum atomic E-state index is 12.9. The Morgan fingerprint density at radius 2 is 1.93 bits per heavy atom. The summed E-state index contributed by atoms with van der Waals surface area (Å²) in [6.07, 6.45) is -7.71. The minimum Gasteiger partial charge on any atom is -0.493 e. The van der Waals surface area contributed by atoms with Crippen LogP contribution >= 0.6 is 0 Å². The number of carbonyl (C=O) groups is 1. The van der Waals surface area contributed by atoms with Gasteiger partial charge in [-0.3, -0.25) is 4.79 Å². The number of carbonyl (C=O) groups excluding carboxylic acids is 1. The van der Waals surface area contributed by atoms with E-state index in [4.69, 9.17) is 28.2 Å². The average Bonchev–Trinajstić information content (AvgIpc) is 2.93. The van der Waals surface area contributed by atoms with Crippen LogP contribution < -0.4 is 20.1 Å². The molecule has 1 aromatic heterocycles. The molecule has 1 atom stereocenters. The summed E-state index contributed by atoms with van der Waals surface area (Å²) in [5.74, 6) is 0.777. The summed E-state index contributed by atoms with van der Waals surface area (Å²) >= 11 is 0. The quantitative estimate of drug-likeness (QED) is 0.822. The predicted molar refractivity (Wildman–Crippen MR) is 105 cm³/mol. The molecule has 2 fully saturated rings. The summed E-state index contributed by atoms with van der Waals surface area (Å²) in [4.78, 5) is 25.0. The zero-order valence-corrected chi connectivity index (χ0v) is 15.6. The van der Waals surface area contributed by atoms with Crippen LogP contribution in [0.5, 0.6) is 11.5 Å². The monoisotopic (exact) mass is 393 g/mol. The van der Waals surface area contributed by atoms with Crippen LogP contribution in [0.2, 0.25) is 0 Å². The molecule has 0 spiro atoms. The fourth-order valence-electron chi connectivity index (χ4n) is 3.23. The van der Waals surface area contributed by atoms with E-state index in [9.17, 15) is 4.79 Å². The summed E-state index contributed by atoms with van der Waals surface area (Å²) in [6.45, 7) is -2.00. The van der Waals surface area contributed by atoms with E-state index in [0.29, 0.717) is 41.4 Å². The highest BCUT2D eigenvalue weighted by Crippen LogP contribution is 2.34. The molecule has 9 heteroatoms. The predicted octanol–water partition coefficient (Wildman–Crippen LogP) is 1.06. The lowest BCUT2D eigenvalue weighted by Crippen LogP contribution is -2.51. The number of benzene rings is 1. The van der Waals surface area contributed by atoms with Crippen LogP contribution in [0.3, 0.4) is 0 Å². The molecule has 2 saturated heterocycles. The van der Waals surface area contributed by atoms with Crippen molar-refractivity contribution >= 4 is 28.6 Å². The van der Waals surface area contributed by atoms with E-state index in [0.717, 1.165) is 0 Å². The highest BCUT2D eigenvalue weighted by Gasteiger charge is 2.31. The number of amides is 1. The molecule has 1 aromatic carbocycles. The Kier molecular flexibility index (Phi) is 3.45. The van der Waals surface area contributed by atoms with Crippen LogP contribution in [0.25, 0.3) is 10.9 Å². The van der Waals surface area contributed by atoms with E-state index in [1.54, 1.807) is 12.1 Å². The second-order valence-electron chi connectivity index (χ2n) is 6.31. The van der Waals surface area contributed by atoms with E-state index in [1.165, 1.54) is 19.1 Å². The first-order valence-corrected chi connectivity index (χ1v) is 8.75. The summed E-state index contributed by atoms with van der Waals surface area (Å²) in [5, 5.41) is 0.597. The van der Waals surface area contributed by atoms with Crippen molar-refractivity contribution in [2.24, 2.45) is 0 Å². The fraction of sp³-hybridized carbons (Fsp3) is 0.526. The molecule has 2 aromatic rings. The number of nitrogen functional groups attached to an aromatic ring is 1. The van der Waals surface area contributed by atoms with Crippen LogP contribution in [0.4, 0.5) is 11.8 Å². The highest BCUT2D eigenvalue weighted by atomic mass is 16.5. The van der Waals surface area contributed by atoms with Crippen molar-refractivity contribution in [3.05, 3.63) is 12.1 Å². The molecule has 3 heterocycles. The first-order valence-electron chi connectivity index (χ1n) is 11.7. The average molecular weight is 393 g/mol. The van der Waals surface area contributed by atoms with Crippen molar-refractivity contribution in [2.45, 2.75) is 18.8 Å². The van der Waals surface area contributed by atoms with Crippen LogP contribution in [0.1, 0.15) is 21.0 Å². The van der Waals surface area contributed by atoms with E-state index in [1.807, 2.05) is 4.90 Å². The van der Waals surface area contributed by atoms with Crippen LogP contribution in [-0.2, 0) is 9.53 Å². The van der Waals surface area contributed by atoms with Gasteiger partial charge in [0.1, 0.15) is 11.9 Å². The van der Waals surface area contributed by atoms with E-state index in [2.05, 4.69) is 9.97 Å². The topological polar surface area (TPSA) is 103 Å². The number of hydrogen-bond donors (Lipinski definition) is 1. The van der Waals surface area contributed by atoms with Gasteiger partial charge in [-0.1, -0.05) is 0 Å². The van der Waals surface area contributed by atoms with Crippen molar-refractivity contribution in [2.75, 3.05) is 57.6 Å². The summed E-state index contributed by atoms with van der Waals surface area (Å²) in [5.41, 5.74) is 6.70. The number of nitrogens with zero attached hydrogens (tertiary/aromatic N) is 4. The molecule has 28 heavy (non-hydrogen) atoms. The Morgan fingerprint density at radius 1 is 1.21 bits per heavy atom. The van der Waals surface area contributed by atoms with E-state index >= 15 is 0 Å². The molecular formula is C19H25N5O4. The number of aromatic nitrogens is 2. The Bertz CT molecular complexity index is 1130. The van der Waals surface area contributed by atoms with Gasteiger partial charge < -0.3 is 29.7 Å². The zero-order chi connectivity index (χ0) is 25.1. The van der Waals surface area contributed by atoms with Gasteiger partial charge in [0.15, 0.2) is 11.5 Å². The van der Waals surface area contributed by atoms with Crippen molar-refractivity contribution in [1.82, 2.24) is 14.9 Å². The number of nitrogens with two attached hydrogens (primary N) is 1. The van der Waals surface area contributed by atoms with Gasteiger partial charge in [0.25, 0.3) is 5.91 Å². The number of hydrogen-bond acceptors (Lipinski definition) is 8. The lowest BCUT2D eigenvalue weighted by atomic mass is 10.2. The molecule has 0 bridgehead atoms. The highest BCUT2D eigenvalue weighted by molar-refractivity contribution is 5.91. The second-order valence-corrected chi connectivity index (χ2v) is 6.31. The lowest BCUT2D eigenvalue weighted by Gasteiger charge is -2.35. The second kappa shape index (κ2) is 7.67. The maximum absolute atomic E-state index is 12.9. The molecule has 2 aliphatic heterocycles. The van der Waals surface area contributed by atoms with Crippen molar-refractivity contribution in [3.8, 4) is 11.5 Å². The van der Waals surface area contributed by atoms with Gasteiger partial charge >= 0.3 is 0 Å². The number of piperazine rings is 1.